The van der Waals surface area contributed by atoms with Crippen LogP contribution >= 0.6 is 0 Å². The average Bonchev–Trinajstić information content (AvgIpc) is 2.45. The second kappa shape index (κ2) is 6.59. The zero-order valence-electron chi connectivity index (χ0n) is 12.6. The van der Waals surface area contributed by atoms with Crippen molar-refractivity contribution in [3.05, 3.63) is 23.8 Å². The summed E-state index contributed by atoms with van der Waals surface area (Å²) in [6.45, 7) is -0.277. The summed E-state index contributed by atoms with van der Waals surface area (Å²) < 4.78 is 33.7. The number of halogens is 2. The maximum absolute atomic E-state index is 12.3. The zero-order chi connectivity index (χ0) is 17.1. The fraction of sp³-hybridized carbons (Fsp3) is 0.429. The molecule has 22 heavy (non-hydrogen) atoms. The molecule has 0 fully saturated rings. The number of likely N-dealkylation sites (N-methyl/N-ethyl adjacent to an activating group) is 1. The van der Waals surface area contributed by atoms with Gasteiger partial charge in [-0.05, 0) is 32.0 Å². The van der Waals surface area contributed by atoms with Crippen LogP contribution in [0.4, 0.5) is 8.78 Å². The summed E-state index contributed by atoms with van der Waals surface area (Å²) in [6, 6.07) is 3.64. The van der Waals surface area contributed by atoms with Crippen LogP contribution in [0.25, 0.3) is 0 Å². The van der Waals surface area contributed by atoms with Crippen molar-refractivity contribution in [2.45, 2.75) is 26.0 Å². The molecule has 1 aromatic carbocycles. The predicted molar refractivity (Wildman–Crippen MR) is 73.4 cm³/mol. The summed E-state index contributed by atoms with van der Waals surface area (Å²) >= 11 is 0. The largest absolute Gasteiger partial charge is 0.493 e. The molecule has 0 radical (unpaired) electrons. The molecular weight excluding hydrogens is 300 g/mol. The van der Waals surface area contributed by atoms with E-state index >= 15 is 0 Å². The van der Waals surface area contributed by atoms with Gasteiger partial charge in [-0.3, -0.25) is 4.79 Å². The van der Waals surface area contributed by atoms with E-state index in [4.69, 9.17) is 9.84 Å². The number of rotatable bonds is 6. The van der Waals surface area contributed by atoms with E-state index in [0.717, 1.165) is 4.90 Å². The van der Waals surface area contributed by atoms with Crippen LogP contribution in [0.2, 0.25) is 0 Å². The molecule has 0 heterocycles. The first-order valence-electron chi connectivity index (χ1n) is 6.25. The van der Waals surface area contributed by atoms with Gasteiger partial charge in [-0.25, -0.2) is 4.79 Å². The monoisotopic (exact) mass is 317 g/mol. The molecule has 0 spiro atoms. The first-order chi connectivity index (χ1) is 10.1. The number of carboxylic acids is 1. The van der Waals surface area contributed by atoms with Crippen LogP contribution in [-0.2, 0) is 4.79 Å². The Morgan fingerprint density at radius 1 is 1.27 bits per heavy atom. The molecule has 0 aliphatic carbocycles. The first-order valence-corrected chi connectivity index (χ1v) is 6.25. The lowest BCUT2D eigenvalue weighted by Crippen LogP contribution is -2.50. The summed E-state index contributed by atoms with van der Waals surface area (Å²) in [5.74, 6) is -2.02. The molecule has 0 bridgehead atoms. The lowest BCUT2D eigenvalue weighted by molar-refractivity contribution is -0.147. The number of methoxy groups -OCH3 is 1. The Hall–Kier alpha value is -2.38. The molecule has 1 N–H and O–H groups in total. The standard InChI is InChI=1S/C14H17F2NO5/c1-14(2,12(19)20)17(3)11(18)8-5-6-9(22-13(15)16)10(7-8)21-4/h5-7,13H,1-4H3,(H,19,20). The number of carbonyl (C=O) groups excluding carboxylic acids is 1. The Bertz CT molecular complexity index is 574. The lowest BCUT2D eigenvalue weighted by atomic mass is 10.0. The van der Waals surface area contributed by atoms with Gasteiger partial charge < -0.3 is 19.5 Å². The van der Waals surface area contributed by atoms with Crippen molar-refractivity contribution in [1.29, 1.82) is 0 Å². The van der Waals surface area contributed by atoms with Crippen molar-refractivity contribution >= 4 is 11.9 Å². The maximum Gasteiger partial charge on any atom is 0.387 e. The number of alkyl halides is 2. The van der Waals surface area contributed by atoms with Gasteiger partial charge in [-0.2, -0.15) is 8.78 Å². The molecule has 0 aliphatic rings. The molecule has 0 aromatic heterocycles. The predicted octanol–water partition coefficient (Wildman–Crippen LogP) is 2.23. The number of carboxylic acid groups (broad SMARTS) is 1. The minimum Gasteiger partial charge on any atom is -0.493 e. The Balaban J connectivity index is 3.12. The number of aliphatic carboxylic acids is 1. The number of amides is 1. The quantitative estimate of drug-likeness (QED) is 0.871. The van der Waals surface area contributed by atoms with Crippen LogP contribution in [-0.4, -0.2) is 48.2 Å². The smallest absolute Gasteiger partial charge is 0.387 e. The van der Waals surface area contributed by atoms with Gasteiger partial charge >= 0.3 is 12.6 Å². The molecule has 0 unspecified atom stereocenters. The third-order valence-corrected chi connectivity index (χ3v) is 3.29. The number of hydrogen-bond acceptors (Lipinski definition) is 4. The molecular formula is C14H17F2NO5. The van der Waals surface area contributed by atoms with Gasteiger partial charge in [0, 0.05) is 12.6 Å². The molecule has 6 nitrogen and oxygen atoms in total. The first kappa shape index (κ1) is 17.7. The van der Waals surface area contributed by atoms with E-state index in [1.165, 1.54) is 46.2 Å². The van der Waals surface area contributed by atoms with Crippen molar-refractivity contribution < 1.29 is 33.0 Å². The number of nitrogens with zero attached hydrogens (tertiary/aromatic N) is 1. The number of ether oxygens (including phenoxy) is 2. The Labute approximate surface area is 126 Å². The van der Waals surface area contributed by atoms with Crippen molar-refractivity contribution in [1.82, 2.24) is 4.90 Å². The summed E-state index contributed by atoms with van der Waals surface area (Å²) in [5.41, 5.74) is -1.34. The molecule has 0 saturated heterocycles. The second-order valence-electron chi connectivity index (χ2n) is 4.97. The zero-order valence-corrected chi connectivity index (χ0v) is 12.6. The minimum atomic E-state index is -3.02. The van der Waals surface area contributed by atoms with Gasteiger partial charge in [0.25, 0.3) is 5.91 Å². The van der Waals surface area contributed by atoms with Gasteiger partial charge in [-0.1, -0.05) is 0 Å². The van der Waals surface area contributed by atoms with E-state index in [-0.39, 0.29) is 17.1 Å². The van der Waals surface area contributed by atoms with E-state index in [9.17, 15) is 18.4 Å². The van der Waals surface area contributed by atoms with Crippen LogP contribution in [0.15, 0.2) is 18.2 Å². The van der Waals surface area contributed by atoms with E-state index in [2.05, 4.69) is 4.74 Å². The van der Waals surface area contributed by atoms with Gasteiger partial charge in [0.2, 0.25) is 0 Å². The van der Waals surface area contributed by atoms with Crippen LogP contribution in [0, 0.1) is 0 Å². The highest BCUT2D eigenvalue weighted by Gasteiger charge is 2.35. The van der Waals surface area contributed by atoms with Gasteiger partial charge in [-0.15, -0.1) is 0 Å². The average molecular weight is 317 g/mol. The third kappa shape index (κ3) is 3.63. The Kier molecular flexibility index (Phi) is 5.29. The number of benzene rings is 1. The molecule has 1 amide bonds. The van der Waals surface area contributed by atoms with Crippen molar-refractivity contribution in [2.24, 2.45) is 0 Å². The Morgan fingerprint density at radius 3 is 2.32 bits per heavy atom. The van der Waals surface area contributed by atoms with Crippen LogP contribution in [0.1, 0.15) is 24.2 Å². The molecule has 1 aromatic rings. The van der Waals surface area contributed by atoms with E-state index in [1.54, 1.807) is 0 Å². The molecule has 1 rings (SSSR count). The highest BCUT2D eigenvalue weighted by Crippen LogP contribution is 2.30. The van der Waals surface area contributed by atoms with Gasteiger partial charge in [0.1, 0.15) is 5.54 Å². The Morgan fingerprint density at radius 2 is 1.86 bits per heavy atom. The van der Waals surface area contributed by atoms with Crippen LogP contribution < -0.4 is 9.47 Å². The second-order valence-corrected chi connectivity index (χ2v) is 4.97. The summed E-state index contributed by atoms with van der Waals surface area (Å²) in [4.78, 5) is 24.5. The van der Waals surface area contributed by atoms with Crippen molar-refractivity contribution in [2.75, 3.05) is 14.2 Å². The molecule has 122 valence electrons. The number of carbonyl (C=O) groups is 2. The highest BCUT2D eigenvalue weighted by molar-refractivity contribution is 5.98. The number of hydrogen-bond donors (Lipinski definition) is 1. The third-order valence-electron chi connectivity index (χ3n) is 3.29. The lowest BCUT2D eigenvalue weighted by Gasteiger charge is -2.31. The fourth-order valence-electron chi connectivity index (χ4n) is 1.58. The van der Waals surface area contributed by atoms with Crippen molar-refractivity contribution in [3.63, 3.8) is 0 Å². The minimum absolute atomic E-state index is 0.0484. The van der Waals surface area contributed by atoms with Gasteiger partial charge in [0.15, 0.2) is 11.5 Å². The van der Waals surface area contributed by atoms with Crippen molar-refractivity contribution in [3.8, 4) is 11.5 Å². The normalized spacial score (nSPS) is 11.2. The maximum atomic E-state index is 12.3. The molecule has 0 saturated carbocycles. The molecule has 8 heteroatoms. The summed E-state index contributed by atoms with van der Waals surface area (Å²) in [7, 11) is 2.58. The van der Waals surface area contributed by atoms with E-state index < -0.39 is 24.0 Å². The van der Waals surface area contributed by atoms with Crippen LogP contribution in [0.3, 0.4) is 0 Å². The fourth-order valence-corrected chi connectivity index (χ4v) is 1.58. The summed E-state index contributed by atoms with van der Waals surface area (Å²) in [5, 5.41) is 9.13. The topological polar surface area (TPSA) is 76.1 Å². The highest BCUT2D eigenvalue weighted by atomic mass is 19.3. The SMILES string of the molecule is COc1cc(C(=O)N(C)C(C)(C)C(=O)O)ccc1OC(F)F. The van der Waals surface area contributed by atoms with E-state index in [0.29, 0.717) is 0 Å². The molecule has 0 aliphatic heterocycles. The molecule has 0 atom stereocenters. The van der Waals surface area contributed by atoms with Crippen LogP contribution in [0.5, 0.6) is 11.5 Å². The van der Waals surface area contributed by atoms with Gasteiger partial charge in [0.05, 0.1) is 7.11 Å². The summed E-state index contributed by atoms with van der Waals surface area (Å²) in [6.07, 6.45) is 0. The van der Waals surface area contributed by atoms with E-state index in [1.807, 2.05) is 0 Å².